The summed E-state index contributed by atoms with van der Waals surface area (Å²) in [6.07, 6.45) is 2.98. The predicted octanol–water partition coefficient (Wildman–Crippen LogP) is 3.12. The summed E-state index contributed by atoms with van der Waals surface area (Å²) >= 11 is 1.72. The molecule has 1 aliphatic rings. The van der Waals surface area contributed by atoms with E-state index in [1.807, 2.05) is 11.4 Å². The molecule has 0 spiro atoms. The van der Waals surface area contributed by atoms with Crippen molar-refractivity contribution in [1.29, 1.82) is 0 Å². The van der Waals surface area contributed by atoms with Gasteiger partial charge in [-0.05, 0) is 54.0 Å². The van der Waals surface area contributed by atoms with Crippen LogP contribution in [0.3, 0.4) is 0 Å². The number of aliphatic hydroxyl groups is 1. The van der Waals surface area contributed by atoms with Gasteiger partial charge in [0.25, 0.3) is 0 Å². The van der Waals surface area contributed by atoms with Gasteiger partial charge < -0.3 is 10.4 Å². The Balaban J connectivity index is 1.66. The van der Waals surface area contributed by atoms with Crippen molar-refractivity contribution in [3.8, 4) is 0 Å². The van der Waals surface area contributed by atoms with Crippen LogP contribution in [-0.2, 0) is 24.4 Å². The fraction of sp³-hybridized carbons (Fsp3) is 0.353. The minimum Gasteiger partial charge on any atom is -0.392 e. The van der Waals surface area contributed by atoms with E-state index in [4.69, 9.17) is 5.11 Å². The van der Waals surface area contributed by atoms with Gasteiger partial charge in [-0.1, -0.05) is 6.07 Å². The summed E-state index contributed by atoms with van der Waals surface area (Å²) in [4.78, 5) is 13.7. The second-order valence-corrected chi connectivity index (χ2v) is 6.55. The van der Waals surface area contributed by atoms with Crippen molar-refractivity contribution in [2.45, 2.75) is 38.3 Å². The quantitative estimate of drug-likeness (QED) is 0.910. The van der Waals surface area contributed by atoms with Crippen LogP contribution in [0.4, 0.5) is 4.39 Å². The zero-order valence-electron chi connectivity index (χ0n) is 12.1. The Hall–Kier alpha value is -1.72. The zero-order chi connectivity index (χ0) is 15.5. The molecule has 2 aromatic rings. The molecule has 3 rings (SSSR count). The van der Waals surface area contributed by atoms with Crippen molar-refractivity contribution in [3.63, 3.8) is 0 Å². The van der Waals surface area contributed by atoms with Crippen LogP contribution in [0.25, 0.3) is 0 Å². The molecule has 1 aromatic heterocycles. The highest BCUT2D eigenvalue weighted by Gasteiger charge is 2.26. The lowest BCUT2D eigenvalue weighted by Gasteiger charge is -2.22. The number of carbonyl (C=O) groups is 1. The normalized spacial score (nSPS) is 17.1. The van der Waals surface area contributed by atoms with Gasteiger partial charge >= 0.3 is 0 Å². The third-order valence-corrected chi connectivity index (χ3v) is 5.11. The maximum atomic E-state index is 13.3. The maximum absolute atomic E-state index is 13.3. The van der Waals surface area contributed by atoms with Crippen LogP contribution in [0.15, 0.2) is 29.6 Å². The Morgan fingerprint density at radius 3 is 3.09 bits per heavy atom. The molecule has 0 aliphatic heterocycles. The SMILES string of the molecule is O=C(NCc1ccc(F)c(CO)c1)C1CCCc2sccc21. The number of halogens is 1. The molecule has 1 atom stereocenters. The Morgan fingerprint density at radius 2 is 2.27 bits per heavy atom. The zero-order valence-corrected chi connectivity index (χ0v) is 13.0. The van der Waals surface area contributed by atoms with Gasteiger partial charge in [0.15, 0.2) is 0 Å². The minimum atomic E-state index is -0.423. The predicted molar refractivity (Wildman–Crippen MR) is 84.2 cm³/mol. The molecule has 0 saturated heterocycles. The number of hydrogen-bond acceptors (Lipinski definition) is 3. The summed E-state index contributed by atoms with van der Waals surface area (Å²) in [5.74, 6) is -0.477. The number of carbonyl (C=O) groups excluding carboxylic acids is 1. The molecule has 0 fully saturated rings. The van der Waals surface area contributed by atoms with Crippen LogP contribution < -0.4 is 5.32 Å². The molecule has 0 bridgehead atoms. The molecular formula is C17H18FNO2S. The van der Waals surface area contributed by atoms with Crippen molar-refractivity contribution < 1.29 is 14.3 Å². The fourth-order valence-corrected chi connectivity index (χ4v) is 3.92. The third kappa shape index (κ3) is 3.05. The molecule has 1 aliphatic carbocycles. The monoisotopic (exact) mass is 319 g/mol. The number of amides is 1. The van der Waals surface area contributed by atoms with Gasteiger partial charge in [-0.3, -0.25) is 4.79 Å². The smallest absolute Gasteiger partial charge is 0.227 e. The number of thiophene rings is 1. The molecule has 1 amide bonds. The van der Waals surface area contributed by atoms with E-state index >= 15 is 0 Å². The average molecular weight is 319 g/mol. The largest absolute Gasteiger partial charge is 0.392 e. The second-order valence-electron chi connectivity index (χ2n) is 5.55. The Morgan fingerprint density at radius 1 is 1.41 bits per heavy atom. The van der Waals surface area contributed by atoms with E-state index in [1.165, 1.54) is 10.9 Å². The first-order chi connectivity index (χ1) is 10.7. The first kappa shape index (κ1) is 15.2. The lowest BCUT2D eigenvalue weighted by molar-refractivity contribution is -0.123. The van der Waals surface area contributed by atoms with Gasteiger partial charge in [-0.15, -0.1) is 11.3 Å². The summed E-state index contributed by atoms with van der Waals surface area (Å²) in [6, 6.07) is 6.59. The molecule has 1 aromatic carbocycles. The fourth-order valence-electron chi connectivity index (χ4n) is 2.93. The summed E-state index contributed by atoms with van der Waals surface area (Å²) < 4.78 is 13.3. The molecule has 3 nitrogen and oxygen atoms in total. The van der Waals surface area contributed by atoms with Crippen molar-refractivity contribution in [1.82, 2.24) is 5.32 Å². The van der Waals surface area contributed by atoms with E-state index in [9.17, 15) is 9.18 Å². The summed E-state index contributed by atoms with van der Waals surface area (Å²) in [5, 5.41) is 14.1. The van der Waals surface area contributed by atoms with Crippen molar-refractivity contribution in [2.75, 3.05) is 0 Å². The number of nitrogens with one attached hydrogen (secondary N) is 1. The van der Waals surface area contributed by atoms with Crippen LogP contribution in [0.5, 0.6) is 0 Å². The van der Waals surface area contributed by atoms with Crippen LogP contribution in [0.1, 0.15) is 40.3 Å². The van der Waals surface area contributed by atoms with Crippen LogP contribution >= 0.6 is 11.3 Å². The van der Waals surface area contributed by atoms with E-state index in [0.717, 1.165) is 30.4 Å². The van der Waals surface area contributed by atoms with Crippen LogP contribution in [0.2, 0.25) is 0 Å². The van der Waals surface area contributed by atoms with Gasteiger partial charge in [0, 0.05) is 17.0 Å². The van der Waals surface area contributed by atoms with Crippen LogP contribution in [0, 0.1) is 5.82 Å². The Kier molecular flexibility index (Phi) is 4.55. The van der Waals surface area contributed by atoms with Gasteiger partial charge in [0.05, 0.1) is 12.5 Å². The number of benzene rings is 1. The van der Waals surface area contributed by atoms with Gasteiger partial charge in [0.1, 0.15) is 5.82 Å². The van der Waals surface area contributed by atoms with E-state index in [0.29, 0.717) is 6.54 Å². The number of fused-ring (bicyclic) bond motifs is 1. The molecule has 1 unspecified atom stereocenters. The van der Waals surface area contributed by atoms with E-state index < -0.39 is 5.82 Å². The highest BCUT2D eigenvalue weighted by atomic mass is 32.1. The Bertz CT molecular complexity index is 683. The summed E-state index contributed by atoms with van der Waals surface area (Å²) in [7, 11) is 0. The van der Waals surface area contributed by atoms with Gasteiger partial charge in [-0.2, -0.15) is 0 Å². The highest BCUT2D eigenvalue weighted by molar-refractivity contribution is 7.10. The first-order valence-corrected chi connectivity index (χ1v) is 8.29. The number of aryl methyl sites for hydroxylation is 1. The molecule has 2 N–H and O–H groups in total. The van der Waals surface area contributed by atoms with Crippen molar-refractivity contribution in [3.05, 3.63) is 57.0 Å². The first-order valence-electron chi connectivity index (χ1n) is 7.41. The number of hydrogen-bond donors (Lipinski definition) is 2. The molecule has 1 heterocycles. The minimum absolute atomic E-state index is 0.0224. The summed E-state index contributed by atoms with van der Waals surface area (Å²) in [5.41, 5.74) is 2.20. The lowest BCUT2D eigenvalue weighted by atomic mass is 9.87. The molecule has 0 saturated carbocycles. The third-order valence-electron chi connectivity index (χ3n) is 4.12. The van der Waals surface area contributed by atoms with Gasteiger partial charge in [0.2, 0.25) is 5.91 Å². The molecule has 116 valence electrons. The second kappa shape index (κ2) is 6.58. The summed E-state index contributed by atoms with van der Waals surface area (Å²) in [6.45, 7) is 0.0105. The topological polar surface area (TPSA) is 49.3 Å². The maximum Gasteiger partial charge on any atom is 0.227 e. The molecule has 0 radical (unpaired) electrons. The highest BCUT2D eigenvalue weighted by Crippen LogP contribution is 2.35. The van der Waals surface area contributed by atoms with Gasteiger partial charge in [-0.25, -0.2) is 4.39 Å². The van der Waals surface area contributed by atoms with Crippen LogP contribution in [-0.4, -0.2) is 11.0 Å². The van der Waals surface area contributed by atoms with E-state index in [1.54, 1.807) is 23.5 Å². The van der Waals surface area contributed by atoms with E-state index in [-0.39, 0.29) is 24.0 Å². The molecule has 5 heteroatoms. The molecular weight excluding hydrogens is 301 g/mol. The van der Waals surface area contributed by atoms with E-state index in [2.05, 4.69) is 5.32 Å². The van der Waals surface area contributed by atoms with Crippen molar-refractivity contribution in [2.24, 2.45) is 0 Å². The lowest BCUT2D eigenvalue weighted by Crippen LogP contribution is -2.30. The van der Waals surface area contributed by atoms with Crippen molar-refractivity contribution >= 4 is 17.2 Å². The number of aliphatic hydroxyl groups excluding tert-OH is 1. The average Bonchev–Trinajstić information content (AvgIpc) is 3.02. The number of rotatable bonds is 4. The Labute approximate surface area is 132 Å². The molecule has 22 heavy (non-hydrogen) atoms. The standard InChI is InChI=1S/C17H18FNO2S/c18-15-5-4-11(8-12(15)10-20)9-19-17(21)14-2-1-3-16-13(14)6-7-22-16/h4-8,14,20H,1-3,9-10H2,(H,19,21).